The number of benzene rings is 1. The van der Waals surface area contributed by atoms with E-state index in [0.29, 0.717) is 33.8 Å². The summed E-state index contributed by atoms with van der Waals surface area (Å²) in [5.74, 6) is -1.12. The van der Waals surface area contributed by atoms with Gasteiger partial charge in [0.25, 0.3) is 0 Å². The molecule has 30 heavy (non-hydrogen) atoms. The Kier molecular flexibility index (Phi) is 5.73. The maximum absolute atomic E-state index is 12.9. The molecule has 0 amide bonds. The fourth-order valence-corrected chi connectivity index (χ4v) is 3.76. The van der Waals surface area contributed by atoms with Gasteiger partial charge in [0, 0.05) is 11.3 Å². The number of Topliss-reactive ketones (excluding diaryl/α,β-unsaturated/α-hetero) is 2. The first-order valence-corrected chi connectivity index (χ1v) is 9.70. The van der Waals surface area contributed by atoms with Gasteiger partial charge in [-0.15, -0.1) is 0 Å². The van der Waals surface area contributed by atoms with E-state index in [1.165, 1.54) is 13.8 Å². The lowest BCUT2D eigenvalue weighted by Gasteiger charge is -2.12. The first-order valence-electron chi connectivity index (χ1n) is 9.70. The second-order valence-corrected chi connectivity index (χ2v) is 7.39. The molecule has 0 bridgehead atoms. The minimum absolute atomic E-state index is 0.121. The van der Waals surface area contributed by atoms with Crippen molar-refractivity contribution in [1.29, 1.82) is 0 Å². The molecule has 1 N–H and O–H groups in total. The monoisotopic (exact) mass is 407 g/mol. The molecule has 0 fully saturated rings. The van der Waals surface area contributed by atoms with Crippen molar-refractivity contribution in [3.8, 4) is 5.69 Å². The third-order valence-electron chi connectivity index (χ3n) is 5.19. The largest absolute Gasteiger partial charge is 0.451 e. The maximum Gasteiger partial charge on any atom is 0.342 e. The van der Waals surface area contributed by atoms with Crippen molar-refractivity contribution in [3.63, 3.8) is 0 Å². The Bertz CT molecular complexity index is 1140. The average Bonchev–Trinajstić information content (AvgIpc) is 3.16. The standard InChI is InChI=1S/C23H25N3O4/c1-12-19(16(5)27)13(2)24-21(12)22(28)17(6)30-23(29)20-14(3)25-26(15(20)4)18-10-8-7-9-11-18/h7-11,17,24H,1-6H3/t17-/m1/s1. The number of rotatable bonds is 6. The number of para-hydroxylation sites is 1. The zero-order valence-corrected chi connectivity index (χ0v) is 18.0. The van der Waals surface area contributed by atoms with Crippen LogP contribution in [0.15, 0.2) is 30.3 Å². The lowest BCUT2D eigenvalue weighted by Crippen LogP contribution is -2.26. The fraction of sp³-hybridized carbons (Fsp3) is 0.304. The van der Waals surface area contributed by atoms with Crippen LogP contribution in [0.5, 0.6) is 0 Å². The van der Waals surface area contributed by atoms with Gasteiger partial charge in [0.1, 0.15) is 5.56 Å². The van der Waals surface area contributed by atoms with Crippen molar-refractivity contribution >= 4 is 17.5 Å². The van der Waals surface area contributed by atoms with Crippen molar-refractivity contribution < 1.29 is 19.1 Å². The number of nitrogens with zero attached hydrogens (tertiary/aromatic N) is 2. The summed E-state index contributed by atoms with van der Waals surface area (Å²) in [5.41, 5.74) is 4.28. The highest BCUT2D eigenvalue weighted by molar-refractivity contribution is 6.05. The number of aromatic nitrogens is 3. The highest BCUT2D eigenvalue weighted by Gasteiger charge is 2.28. The molecule has 0 spiro atoms. The molecule has 2 heterocycles. The number of aryl methyl sites for hydroxylation is 2. The van der Waals surface area contributed by atoms with Gasteiger partial charge in [-0.1, -0.05) is 18.2 Å². The molecule has 3 aromatic rings. The normalized spacial score (nSPS) is 11.9. The van der Waals surface area contributed by atoms with E-state index in [1.807, 2.05) is 30.3 Å². The summed E-state index contributed by atoms with van der Waals surface area (Å²) < 4.78 is 7.16. The third-order valence-corrected chi connectivity index (χ3v) is 5.19. The van der Waals surface area contributed by atoms with Gasteiger partial charge in [0.15, 0.2) is 11.9 Å². The quantitative estimate of drug-likeness (QED) is 0.491. The van der Waals surface area contributed by atoms with E-state index in [1.54, 1.807) is 32.4 Å². The molecular formula is C23H25N3O4. The number of H-pyrrole nitrogens is 1. The van der Waals surface area contributed by atoms with Gasteiger partial charge >= 0.3 is 5.97 Å². The SMILES string of the molecule is CC(=O)c1c(C)[nH]c(C(=O)[C@@H](C)OC(=O)c2c(C)nn(-c3ccccc3)c2C)c1C. The molecule has 1 atom stereocenters. The number of ether oxygens (including phenoxy) is 1. The first kappa shape index (κ1) is 21.2. The van der Waals surface area contributed by atoms with Crippen LogP contribution in [-0.2, 0) is 4.74 Å². The molecule has 0 aliphatic heterocycles. The topological polar surface area (TPSA) is 94.0 Å². The van der Waals surface area contributed by atoms with Gasteiger partial charge in [0.05, 0.1) is 22.8 Å². The maximum atomic E-state index is 12.9. The number of carbonyl (C=O) groups is 3. The zero-order valence-electron chi connectivity index (χ0n) is 18.0. The minimum atomic E-state index is -1.02. The Hall–Kier alpha value is -3.48. The van der Waals surface area contributed by atoms with Crippen LogP contribution < -0.4 is 0 Å². The van der Waals surface area contributed by atoms with E-state index in [4.69, 9.17) is 4.74 Å². The first-order chi connectivity index (χ1) is 14.1. The summed E-state index contributed by atoms with van der Waals surface area (Å²) in [7, 11) is 0. The summed E-state index contributed by atoms with van der Waals surface area (Å²) in [6, 6.07) is 9.47. The van der Waals surface area contributed by atoms with E-state index in [-0.39, 0.29) is 17.3 Å². The highest BCUT2D eigenvalue weighted by atomic mass is 16.5. The molecule has 156 valence electrons. The predicted molar refractivity (Wildman–Crippen MR) is 113 cm³/mol. The zero-order chi connectivity index (χ0) is 22.2. The van der Waals surface area contributed by atoms with E-state index < -0.39 is 12.1 Å². The molecule has 2 aromatic heterocycles. The summed E-state index contributed by atoms with van der Waals surface area (Å²) >= 11 is 0. The van der Waals surface area contributed by atoms with Crippen molar-refractivity contribution in [2.75, 3.05) is 0 Å². The van der Waals surface area contributed by atoms with Crippen LogP contribution in [0.25, 0.3) is 5.69 Å². The molecular weight excluding hydrogens is 382 g/mol. The molecule has 0 aliphatic rings. The van der Waals surface area contributed by atoms with Crippen molar-refractivity contribution in [3.05, 3.63) is 69.8 Å². The van der Waals surface area contributed by atoms with E-state index >= 15 is 0 Å². The molecule has 7 heteroatoms. The number of aromatic amines is 1. The van der Waals surface area contributed by atoms with Gasteiger partial charge in [-0.3, -0.25) is 9.59 Å². The second kappa shape index (κ2) is 8.10. The van der Waals surface area contributed by atoms with Crippen LogP contribution in [0.4, 0.5) is 0 Å². The Morgan fingerprint density at radius 2 is 1.67 bits per heavy atom. The Morgan fingerprint density at radius 3 is 2.23 bits per heavy atom. The van der Waals surface area contributed by atoms with Crippen LogP contribution in [0.3, 0.4) is 0 Å². The number of nitrogens with one attached hydrogen (secondary N) is 1. The fourth-order valence-electron chi connectivity index (χ4n) is 3.76. The molecule has 0 saturated carbocycles. The van der Waals surface area contributed by atoms with Gasteiger partial charge in [-0.05, 0) is 59.2 Å². The Balaban J connectivity index is 1.85. The number of hydrogen-bond donors (Lipinski definition) is 1. The Morgan fingerprint density at radius 1 is 1.03 bits per heavy atom. The van der Waals surface area contributed by atoms with Crippen molar-refractivity contribution in [1.82, 2.24) is 14.8 Å². The second-order valence-electron chi connectivity index (χ2n) is 7.39. The van der Waals surface area contributed by atoms with E-state index in [0.717, 1.165) is 5.69 Å². The van der Waals surface area contributed by atoms with Gasteiger partial charge in [-0.25, -0.2) is 9.48 Å². The van der Waals surface area contributed by atoms with Gasteiger partial charge in [0.2, 0.25) is 5.78 Å². The van der Waals surface area contributed by atoms with Gasteiger partial charge < -0.3 is 9.72 Å². The van der Waals surface area contributed by atoms with E-state index in [9.17, 15) is 14.4 Å². The van der Waals surface area contributed by atoms with E-state index in [2.05, 4.69) is 10.1 Å². The van der Waals surface area contributed by atoms with Crippen LogP contribution >= 0.6 is 0 Å². The molecule has 1 aromatic carbocycles. The number of esters is 1. The molecule has 3 rings (SSSR count). The molecule has 0 radical (unpaired) electrons. The summed E-state index contributed by atoms with van der Waals surface area (Å²) in [4.78, 5) is 40.5. The summed E-state index contributed by atoms with van der Waals surface area (Å²) in [6.07, 6.45) is -1.02. The predicted octanol–water partition coefficient (Wildman–Crippen LogP) is 4.06. The lowest BCUT2D eigenvalue weighted by atomic mass is 10.0. The minimum Gasteiger partial charge on any atom is -0.451 e. The molecule has 0 unspecified atom stereocenters. The summed E-state index contributed by atoms with van der Waals surface area (Å²) in [6.45, 7) is 9.94. The van der Waals surface area contributed by atoms with Crippen LogP contribution in [0.2, 0.25) is 0 Å². The molecule has 7 nitrogen and oxygen atoms in total. The van der Waals surface area contributed by atoms with Crippen LogP contribution in [-0.4, -0.2) is 38.4 Å². The number of ketones is 2. The van der Waals surface area contributed by atoms with Crippen molar-refractivity contribution in [2.45, 2.75) is 47.6 Å². The summed E-state index contributed by atoms with van der Waals surface area (Å²) in [5, 5.41) is 4.45. The molecule has 0 saturated heterocycles. The Labute approximate surface area is 175 Å². The smallest absolute Gasteiger partial charge is 0.342 e. The number of hydrogen-bond acceptors (Lipinski definition) is 5. The van der Waals surface area contributed by atoms with Crippen LogP contribution in [0, 0.1) is 27.7 Å². The van der Waals surface area contributed by atoms with Crippen molar-refractivity contribution in [2.24, 2.45) is 0 Å². The number of carbonyl (C=O) groups excluding carboxylic acids is 3. The van der Waals surface area contributed by atoms with Gasteiger partial charge in [-0.2, -0.15) is 5.10 Å². The molecule has 0 aliphatic carbocycles. The lowest BCUT2D eigenvalue weighted by molar-refractivity contribution is 0.0315. The third kappa shape index (κ3) is 3.70. The van der Waals surface area contributed by atoms with Crippen LogP contribution in [0.1, 0.15) is 67.7 Å². The highest BCUT2D eigenvalue weighted by Crippen LogP contribution is 2.22. The average molecular weight is 407 g/mol.